The molecule has 0 fully saturated rings. The van der Waals surface area contributed by atoms with Crippen LogP contribution in [0.25, 0.3) is 0 Å². The van der Waals surface area contributed by atoms with Crippen molar-refractivity contribution in [3.8, 4) is 5.75 Å². The first-order chi connectivity index (χ1) is 13.6. The molecular weight excluding hydrogens is 366 g/mol. The van der Waals surface area contributed by atoms with Crippen LogP contribution < -0.4 is 9.64 Å². The quantitative estimate of drug-likeness (QED) is 0.784. The molecule has 1 N–H and O–H groups in total. The van der Waals surface area contributed by atoms with E-state index in [9.17, 15) is 14.7 Å². The molecule has 0 saturated carbocycles. The molecule has 1 amide bonds. The van der Waals surface area contributed by atoms with Crippen molar-refractivity contribution in [1.29, 1.82) is 0 Å². The molecule has 5 heteroatoms. The summed E-state index contributed by atoms with van der Waals surface area (Å²) in [6.07, 6.45) is 0. The van der Waals surface area contributed by atoms with E-state index in [1.807, 2.05) is 44.2 Å². The van der Waals surface area contributed by atoms with E-state index < -0.39 is 23.1 Å². The topological polar surface area (TPSA) is 66.8 Å². The number of aliphatic hydroxyl groups excluding tert-OH is 1. The van der Waals surface area contributed by atoms with E-state index in [-0.39, 0.29) is 11.4 Å². The van der Waals surface area contributed by atoms with Gasteiger partial charge in [0.05, 0.1) is 18.2 Å². The van der Waals surface area contributed by atoms with Gasteiger partial charge in [0.2, 0.25) is 0 Å². The number of anilines is 1. The number of nitrogens with zero attached hydrogens (tertiary/aromatic N) is 1. The lowest BCUT2D eigenvalue weighted by Gasteiger charge is -2.29. The van der Waals surface area contributed by atoms with Crippen molar-refractivity contribution in [3.05, 3.63) is 71.0 Å². The summed E-state index contributed by atoms with van der Waals surface area (Å²) >= 11 is 0. The first kappa shape index (κ1) is 20.6. The summed E-state index contributed by atoms with van der Waals surface area (Å²) in [5.41, 5.74) is 1.74. The minimum atomic E-state index is -0.741. The maximum atomic E-state index is 13.2. The Balaban J connectivity index is 2.19. The average Bonchev–Trinajstić information content (AvgIpc) is 2.92. The summed E-state index contributed by atoms with van der Waals surface area (Å²) < 4.78 is 5.58. The molecule has 3 rings (SSSR count). The molecule has 0 spiro atoms. The average molecular weight is 393 g/mol. The molecule has 29 heavy (non-hydrogen) atoms. The minimum Gasteiger partial charge on any atom is -0.503 e. The predicted octanol–water partition coefficient (Wildman–Crippen LogP) is 4.91. The molecule has 2 aromatic rings. The van der Waals surface area contributed by atoms with E-state index >= 15 is 0 Å². The molecule has 0 saturated heterocycles. The van der Waals surface area contributed by atoms with Crippen LogP contribution >= 0.6 is 0 Å². The van der Waals surface area contributed by atoms with Gasteiger partial charge in [-0.2, -0.15) is 0 Å². The summed E-state index contributed by atoms with van der Waals surface area (Å²) in [5.74, 6) is -0.704. The van der Waals surface area contributed by atoms with Crippen LogP contribution in [0.2, 0.25) is 0 Å². The Bertz CT molecular complexity index is 984. The van der Waals surface area contributed by atoms with Crippen LogP contribution in [0.1, 0.15) is 44.9 Å². The van der Waals surface area contributed by atoms with Crippen molar-refractivity contribution < 1.29 is 19.4 Å². The van der Waals surface area contributed by atoms with Crippen LogP contribution in [-0.4, -0.2) is 23.4 Å². The normalized spacial score (nSPS) is 17.1. The van der Waals surface area contributed by atoms with Crippen LogP contribution in [0.3, 0.4) is 0 Å². The number of ether oxygens (including phenoxy) is 1. The Morgan fingerprint density at radius 3 is 2.45 bits per heavy atom. The molecule has 1 aliphatic heterocycles. The molecule has 2 aromatic carbocycles. The standard InChI is InChI=1S/C24H27NO4/c1-6-29-18-12-8-11-17(14-18)25-20(16-10-7-9-15(2)13-16)19(21(26)23(25)28)22(27)24(3,4)5/h7-14,20,26H,6H2,1-5H3. The van der Waals surface area contributed by atoms with Crippen LogP contribution in [0.15, 0.2) is 59.9 Å². The van der Waals surface area contributed by atoms with Crippen LogP contribution in [0.5, 0.6) is 5.75 Å². The fourth-order valence-corrected chi connectivity index (χ4v) is 3.55. The Hall–Kier alpha value is -3.08. The van der Waals surface area contributed by atoms with Gasteiger partial charge in [-0.05, 0) is 31.5 Å². The molecule has 1 atom stereocenters. The third-order valence-corrected chi connectivity index (χ3v) is 4.90. The zero-order chi connectivity index (χ0) is 21.3. The first-order valence-corrected chi connectivity index (χ1v) is 9.76. The largest absolute Gasteiger partial charge is 0.503 e. The number of Topliss-reactive ketones (excluding diaryl/α,β-unsaturated/α-hetero) is 1. The van der Waals surface area contributed by atoms with E-state index in [2.05, 4.69) is 0 Å². The molecule has 1 heterocycles. The Morgan fingerprint density at radius 2 is 1.83 bits per heavy atom. The number of ketones is 1. The van der Waals surface area contributed by atoms with Gasteiger partial charge in [0.25, 0.3) is 5.91 Å². The highest BCUT2D eigenvalue weighted by Crippen LogP contribution is 2.44. The van der Waals surface area contributed by atoms with Crippen molar-refractivity contribution >= 4 is 17.4 Å². The number of aliphatic hydroxyl groups is 1. The maximum absolute atomic E-state index is 13.2. The van der Waals surface area contributed by atoms with Crippen molar-refractivity contribution in [2.24, 2.45) is 5.41 Å². The molecule has 152 valence electrons. The van der Waals surface area contributed by atoms with Gasteiger partial charge in [-0.3, -0.25) is 14.5 Å². The Kier molecular flexibility index (Phi) is 5.51. The van der Waals surface area contributed by atoms with Crippen LogP contribution in [0.4, 0.5) is 5.69 Å². The van der Waals surface area contributed by atoms with Gasteiger partial charge in [-0.15, -0.1) is 0 Å². The number of benzene rings is 2. The van der Waals surface area contributed by atoms with Gasteiger partial charge >= 0.3 is 0 Å². The number of amides is 1. The van der Waals surface area contributed by atoms with E-state index in [4.69, 9.17) is 4.74 Å². The lowest BCUT2D eigenvalue weighted by molar-refractivity contribution is -0.123. The highest BCUT2D eigenvalue weighted by molar-refractivity contribution is 6.17. The van der Waals surface area contributed by atoms with Crippen LogP contribution in [-0.2, 0) is 9.59 Å². The monoisotopic (exact) mass is 393 g/mol. The van der Waals surface area contributed by atoms with Crippen LogP contribution in [0, 0.1) is 12.3 Å². The van der Waals surface area contributed by atoms with Crippen molar-refractivity contribution in [1.82, 2.24) is 0 Å². The number of carbonyl (C=O) groups is 2. The van der Waals surface area contributed by atoms with E-state index in [0.29, 0.717) is 18.0 Å². The molecule has 0 aromatic heterocycles. The fourth-order valence-electron chi connectivity index (χ4n) is 3.55. The number of rotatable bonds is 5. The molecular formula is C24H27NO4. The van der Waals surface area contributed by atoms with Crippen molar-refractivity contribution in [2.45, 2.75) is 40.7 Å². The third kappa shape index (κ3) is 3.90. The van der Waals surface area contributed by atoms with E-state index in [1.54, 1.807) is 39.0 Å². The Morgan fingerprint density at radius 1 is 1.14 bits per heavy atom. The lowest BCUT2D eigenvalue weighted by Crippen LogP contribution is -2.32. The summed E-state index contributed by atoms with van der Waals surface area (Å²) in [7, 11) is 0. The number of carbonyl (C=O) groups excluding carboxylic acids is 2. The van der Waals surface area contributed by atoms with E-state index in [1.165, 1.54) is 4.90 Å². The van der Waals surface area contributed by atoms with Crippen molar-refractivity contribution in [2.75, 3.05) is 11.5 Å². The second-order valence-electron chi connectivity index (χ2n) is 8.26. The molecule has 1 unspecified atom stereocenters. The summed E-state index contributed by atoms with van der Waals surface area (Å²) in [4.78, 5) is 27.8. The zero-order valence-electron chi connectivity index (χ0n) is 17.5. The molecule has 1 aliphatic rings. The van der Waals surface area contributed by atoms with Gasteiger partial charge in [0.15, 0.2) is 11.5 Å². The van der Waals surface area contributed by atoms with E-state index in [0.717, 1.165) is 11.1 Å². The van der Waals surface area contributed by atoms with Gasteiger partial charge < -0.3 is 9.84 Å². The number of hydrogen-bond acceptors (Lipinski definition) is 4. The zero-order valence-corrected chi connectivity index (χ0v) is 17.5. The first-order valence-electron chi connectivity index (χ1n) is 9.76. The predicted molar refractivity (Wildman–Crippen MR) is 113 cm³/mol. The molecule has 0 radical (unpaired) electrons. The number of aryl methyl sites for hydroxylation is 1. The van der Waals surface area contributed by atoms with Crippen molar-refractivity contribution in [3.63, 3.8) is 0 Å². The Labute approximate surface area is 171 Å². The minimum absolute atomic E-state index is 0.134. The van der Waals surface area contributed by atoms with Gasteiger partial charge in [-0.1, -0.05) is 56.7 Å². The summed E-state index contributed by atoms with van der Waals surface area (Å²) in [5, 5.41) is 10.7. The molecule has 0 aliphatic carbocycles. The third-order valence-electron chi connectivity index (χ3n) is 4.90. The highest BCUT2D eigenvalue weighted by atomic mass is 16.5. The summed E-state index contributed by atoms with van der Waals surface area (Å²) in [6.45, 7) is 9.69. The summed E-state index contributed by atoms with van der Waals surface area (Å²) in [6, 6.07) is 14.1. The van der Waals surface area contributed by atoms with Gasteiger partial charge in [0, 0.05) is 17.2 Å². The molecule has 0 bridgehead atoms. The fraction of sp³-hybridized carbons (Fsp3) is 0.333. The highest BCUT2D eigenvalue weighted by Gasteiger charge is 2.46. The SMILES string of the molecule is CCOc1cccc(N2C(=O)C(O)=C(C(=O)C(C)(C)C)C2c2cccc(C)c2)c1. The second kappa shape index (κ2) is 7.74. The smallest absolute Gasteiger partial charge is 0.294 e. The lowest BCUT2D eigenvalue weighted by atomic mass is 9.82. The number of hydrogen-bond donors (Lipinski definition) is 1. The second-order valence-corrected chi connectivity index (χ2v) is 8.26. The molecule has 5 nitrogen and oxygen atoms in total. The maximum Gasteiger partial charge on any atom is 0.294 e. The van der Waals surface area contributed by atoms with Gasteiger partial charge in [0.1, 0.15) is 5.75 Å². The van der Waals surface area contributed by atoms with Gasteiger partial charge in [-0.25, -0.2) is 0 Å².